The van der Waals surface area contributed by atoms with Crippen LogP contribution in [0.2, 0.25) is 0 Å². The third-order valence-electron chi connectivity index (χ3n) is 2.99. The Morgan fingerprint density at radius 3 is 2.75 bits per heavy atom. The van der Waals surface area contributed by atoms with E-state index in [1.165, 1.54) is 5.57 Å². The molecule has 0 fully saturated rings. The minimum Gasteiger partial charge on any atom is -0.303 e. The van der Waals surface area contributed by atoms with Gasteiger partial charge in [0, 0.05) is 5.92 Å². The molecule has 0 amide bonds. The van der Waals surface area contributed by atoms with Gasteiger partial charge < -0.3 is 4.79 Å². The third-order valence-corrected chi connectivity index (χ3v) is 2.99. The van der Waals surface area contributed by atoms with E-state index in [1.54, 1.807) is 0 Å². The second-order valence-corrected chi connectivity index (χ2v) is 4.17. The van der Waals surface area contributed by atoms with Crippen LogP contribution in [0.3, 0.4) is 0 Å². The molecule has 68 valence electrons. The van der Waals surface area contributed by atoms with Crippen LogP contribution in [-0.4, -0.2) is 6.29 Å². The van der Waals surface area contributed by atoms with Crippen molar-refractivity contribution < 1.29 is 4.79 Å². The topological polar surface area (TPSA) is 17.1 Å². The standard InChI is InChI=1S/C11H18O/c1-8(2)10-5-4-9(3)11(6-10)7-12/h4,7-8,10-11H,5-6H2,1-3H3. The van der Waals surface area contributed by atoms with Crippen molar-refractivity contribution in [3.8, 4) is 0 Å². The molecular weight excluding hydrogens is 148 g/mol. The van der Waals surface area contributed by atoms with Gasteiger partial charge in [-0.05, 0) is 31.6 Å². The van der Waals surface area contributed by atoms with Gasteiger partial charge in [0.15, 0.2) is 0 Å². The number of carbonyl (C=O) groups is 1. The molecule has 1 aliphatic rings. The summed E-state index contributed by atoms with van der Waals surface area (Å²) in [5, 5.41) is 0. The highest BCUT2D eigenvalue weighted by Gasteiger charge is 2.23. The summed E-state index contributed by atoms with van der Waals surface area (Å²) in [7, 11) is 0. The highest BCUT2D eigenvalue weighted by Crippen LogP contribution is 2.31. The van der Waals surface area contributed by atoms with Crippen LogP contribution in [0.25, 0.3) is 0 Å². The summed E-state index contributed by atoms with van der Waals surface area (Å²) < 4.78 is 0. The third kappa shape index (κ3) is 1.96. The number of aldehydes is 1. The molecule has 0 aliphatic heterocycles. The lowest BCUT2D eigenvalue weighted by atomic mass is 9.77. The first-order chi connectivity index (χ1) is 5.65. The zero-order valence-electron chi connectivity index (χ0n) is 8.21. The summed E-state index contributed by atoms with van der Waals surface area (Å²) in [6.07, 6.45) is 5.55. The Balaban J connectivity index is 2.64. The molecule has 0 spiro atoms. The summed E-state index contributed by atoms with van der Waals surface area (Å²) >= 11 is 0. The molecular formula is C11H18O. The van der Waals surface area contributed by atoms with Crippen LogP contribution in [-0.2, 0) is 4.79 Å². The van der Waals surface area contributed by atoms with Crippen molar-refractivity contribution in [2.75, 3.05) is 0 Å². The fourth-order valence-electron chi connectivity index (χ4n) is 1.80. The second kappa shape index (κ2) is 3.88. The highest BCUT2D eigenvalue weighted by molar-refractivity contribution is 5.59. The van der Waals surface area contributed by atoms with Gasteiger partial charge in [-0.1, -0.05) is 25.5 Å². The van der Waals surface area contributed by atoms with E-state index in [1.807, 2.05) is 0 Å². The van der Waals surface area contributed by atoms with E-state index in [0.717, 1.165) is 19.1 Å². The Morgan fingerprint density at radius 2 is 2.25 bits per heavy atom. The average Bonchev–Trinajstić information content (AvgIpc) is 2.05. The zero-order valence-corrected chi connectivity index (χ0v) is 8.21. The Morgan fingerprint density at radius 1 is 1.58 bits per heavy atom. The number of hydrogen-bond donors (Lipinski definition) is 0. The van der Waals surface area contributed by atoms with Crippen LogP contribution in [0.1, 0.15) is 33.6 Å². The molecule has 2 atom stereocenters. The Bertz CT molecular complexity index is 191. The van der Waals surface area contributed by atoms with Gasteiger partial charge >= 0.3 is 0 Å². The Kier molecular flexibility index (Phi) is 3.07. The summed E-state index contributed by atoms with van der Waals surface area (Å²) in [6, 6.07) is 0. The molecule has 1 rings (SSSR count). The summed E-state index contributed by atoms with van der Waals surface area (Å²) in [5.74, 6) is 1.62. The van der Waals surface area contributed by atoms with Gasteiger partial charge in [0.05, 0.1) is 0 Å². The van der Waals surface area contributed by atoms with Gasteiger partial charge in [-0.2, -0.15) is 0 Å². The molecule has 12 heavy (non-hydrogen) atoms. The second-order valence-electron chi connectivity index (χ2n) is 4.17. The van der Waals surface area contributed by atoms with Gasteiger partial charge in [-0.3, -0.25) is 0 Å². The molecule has 0 aromatic heterocycles. The van der Waals surface area contributed by atoms with Gasteiger partial charge in [-0.15, -0.1) is 0 Å². The zero-order chi connectivity index (χ0) is 9.14. The molecule has 1 nitrogen and oxygen atoms in total. The molecule has 0 bridgehead atoms. The fourth-order valence-corrected chi connectivity index (χ4v) is 1.80. The molecule has 0 N–H and O–H groups in total. The van der Waals surface area contributed by atoms with Crippen molar-refractivity contribution in [1.29, 1.82) is 0 Å². The predicted octanol–water partition coefficient (Wildman–Crippen LogP) is 2.81. The number of rotatable bonds is 2. The van der Waals surface area contributed by atoms with Gasteiger partial charge in [0.2, 0.25) is 0 Å². The number of carbonyl (C=O) groups excluding carboxylic acids is 1. The number of hydrogen-bond acceptors (Lipinski definition) is 1. The molecule has 2 unspecified atom stereocenters. The molecule has 0 heterocycles. The van der Waals surface area contributed by atoms with E-state index in [4.69, 9.17) is 0 Å². The lowest BCUT2D eigenvalue weighted by Gasteiger charge is -2.27. The maximum absolute atomic E-state index is 10.7. The lowest BCUT2D eigenvalue weighted by Crippen LogP contribution is -2.19. The summed E-state index contributed by atoms with van der Waals surface area (Å²) in [6.45, 7) is 6.54. The van der Waals surface area contributed by atoms with Crippen molar-refractivity contribution >= 4 is 6.29 Å². The van der Waals surface area contributed by atoms with E-state index in [2.05, 4.69) is 26.8 Å². The maximum Gasteiger partial charge on any atom is 0.127 e. The molecule has 0 saturated carbocycles. The van der Waals surface area contributed by atoms with Crippen molar-refractivity contribution in [2.24, 2.45) is 17.8 Å². The van der Waals surface area contributed by atoms with E-state index in [0.29, 0.717) is 11.8 Å². The first-order valence-corrected chi connectivity index (χ1v) is 4.77. The van der Waals surface area contributed by atoms with E-state index < -0.39 is 0 Å². The van der Waals surface area contributed by atoms with E-state index >= 15 is 0 Å². The molecule has 0 aromatic carbocycles. The Hall–Kier alpha value is -0.590. The normalized spacial score (nSPS) is 30.2. The highest BCUT2D eigenvalue weighted by atomic mass is 16.1. The minimum atomic E-state index is 0.200. The van der Waals surface area contributed by atoms with Crippen LogP contribution < -0.4 is 0 Å². The Labute approximate surface area is 74.9 Å². The minimum absolute atomic E-state index is 0.200. The average molecular weight is 166 g/mol. The van der Waals surface area contributed by atoms with Gasteiger partial charge in [-0.25, -0.2) is 0 Å². The SMILES string of the molecule is CC1=CCC(C(C)C)CC1C=O. The largest absolute Gasteiger partial charge is 0.303 e. The molecule has 0 saturated heterocycles. The van der Waals surface area contributed by atoms with Crippen molar-refractivity contribution in [3.05, 3.63) is 11.6 Å². The van der Waals surface area contributed by atoms with Crippen LogP contribution in [0.15, 0.2) is 11.6 Å². The quantitative estimate of drug-likeness (QED) is 0.455. The van der Waals surface area contributed by atoms with Crippen LogP contribution >= 0.6 is 0 Å². The van der Waals surface area contributed by atoms with Crippen molar-refractivity contribution in [1.82, 2.24) is 0 Å². The van der Waals surface area contributed by atoms with Crippen molar-refractivity contribution in [2.45, 2.75) is 33.6 Å². The smallest absolute Gasteiger partial charge is 0.127 e. The maximum atomic E-state index is 10.7. The monoisotopic (exact) mass is 166 g/mol. The molecule has 1 aliphatic carbocycles. The summed E-state index contributed by atoms with van der Waals surface area (Å²) in [4.78, 5) is 10.7. The van der Waals surface area contributed by atoms with E-state index in [-0.39, 0.29) is 5.92 Å². The molecule has 1 heteroatoms. The predicted molar refractivity (Wildman–Crippen MR) is 50.9 cm³/mol. The van der Waals surface area contributed by atoms with Gasteiger partial charge in [0.25, 0.3) is 0 Å². The van der Waals surface area contributed by atoms with Crippen LogP contribution in [0.4, 0.5) is 0 Å². The first-order valence-electron chi connectivity index (χ1n) is 4.77. The van der Waals surface area contributed by atoms with Crippen molar-refractivity contribution in [3.63, 3.8) is 0 Å². The van der Waals surface area contributed by atoms with Crippen LogP contribution in [0.5, 0.6) is 0 Å². The number of allylic oxidation sites excluding steroid dienone is 2. The molecule has 0 radical (unpaired) electrons. The molecule has 0 aromatic rings. The lowest BCUT2D eigenvalue weighted by molar-refractivity contribution is -0.110. The first kappa shape index (κ1) is 9.50. The van der Waals surface area contributed by atoms with E-state index in [9.17, 15) is 4.79 Å². The summed E-state index contributed by atoms with van der Waals surface area (Å²) in [5.41, 5.74) is 1.27. The fraction of sp³-hybridized carbons (Fsp3) is 0.727. The van der Waals surface area contributed by atoms with Gasteiger partial charge in [0.1, 0.15) is 6.29 Å². The van der Waals surface area contributed by atoms with Crippen LogP contribution in [0, 0.1) is 17.8 Å².